The molecule has 0 bridgehead atoms. The van der Waals surface area contributed by atoms with Gasteiger partial charge < -0.3 is 15.5 Å². The SMILES string of the molecule is CN=C(NCC1(c2ccccc2Br)CC1)NC1CCN(c2ccccn2)CC1. The lowest BCUT2D eigenvalue weighted by Crippen LogP contribution is -2.50. The largest absolute Gasteiger partial charge is 0.356 e. The summed E-state index contributed by atoms with van der Waals surface area (Å²) in [5.74, 6) is 1.99. The highest BCUT2D eigenvalue weighted by Gasteiger charge is 2.45. The van der Waals surface area contributed by atoms with Crippen LogP contribution in [0.25, 0.3) is 0 Å². The quantitative estimate of drug-likeness (QED) is 0.548. The highest BCUT2D eigenvalue weighted by atomic mass is 79.9. The molecule has 2 aromatic rings. The molecule has 2 heterocycles. The molecular weight excluding hydrogens is 414 g/mol. The van der Waals surface area contributed by atoms with Gasteiger partial charge in [0.05, 0.1) is 0 Å². The van der Waals surface area contributed by atoms with Crippen LogP contribution < -0.4 is 15.5 Å². The number of guanidine groups is 1. The predicted octanol–water partition coefficient (Wildman–Crippen LogP) is 3.71. The topological polar surface area (TPSA) is 52.6 Å². The van der Waals surface area contributed by atoms with E-state index < -0.39 is 0 Å². The van der Waals surface area contributed by atoms with Crippen molar-refractivity contribution in [1.82, 2.24) is 15.6 Å². The molecule has 0 radical (unpaired) electrons. The van der Waals surface area contributed by atoms with Crippen LogP contribution in [0.2, 0.25) is 0 Å². The number of nitrogens with one attached hydrogen (secondary N) is 2. The Labute approximate surface area is 175 Å². The number of hydrogen-bond acceptors (Lipinski definition) is 3. The molecular formula is C22H28BrN5. The zero-order valence-corrected chi connectivity index (χ0v) is 18.0. The number of nitrogens with zero attached hydrogens (tertiary/aromatic N) is 3. The van der Waals surface area contributed by atoms with Gasteiger partial charge in [-0.2, -0.15) is 0 Å². The number of rotatable bonds is 5. The van der Waals surface area contributed by atoms with Crippen LogP contribution in [-0.4, -0.2) is 43.7 Å². The summed E-state index contributed by atoms with van der Waals surface area (Å²) in [5.41, 5.74) is 1.64. The van der Waals surface area contributed by atoms with Crippen LogP contribution in [0.4, 0.5) is 5.82 Å². The summed E-state index contributed by atoms with van der Waals surface area (Å²) in [7, 11) is 1.86. The molecule has 1 saturated carbocycles. The van der Waals surface area contributed by atoms with Gasteiger partial charge in [-0.25, -0.2) is 4.98 Å². The Morgan fingerprint density at radius 2 is 1.93 bits per heavy atom. The van der Waals surface area contributed by atoms with E-state index >= 15 is 0 Å². The maximum Gasteiger partial charge on any atom is 0.191 e. The normalized spacial score (nSPS) is 19.4. The first-order valence-electron chi connectivity index (χ1n) is 10.1. The third-order valence-electron chi connectivity index (χ3n) is 5.93. The van der Waals surface area contributed by atoms with Crippen molar-refractivity contribution in [2.24, 2.45) is 4.99 Å². The zero-order valence-electron chi connectivity index (χ0n) is 16.4. The molecule has 2 aliphatic rings. The molecule has 4 rings (SSSR count). The lowest BCUT2D eigenvalue weighted by molar-refractivity contribution is 0.458. The third-order valence-corrected chi connectivity index (χ3v) is 6.62. The Morgan fingerprint density at radius 1 is 1.18 bits per heavy atom. The molecule has 0 atom stereocenters. The fourth-order valence-electron chi connectivity index (χ4n) is 4.02. The monoisotopic (exact) mass is 441 g/mol. The van der Waals surface area contributed by atoms with Crippen LogP contribution in [0, 0.1) is 0 Å². The second-order valence-corrected chi connectivity index (χ2v) is 8.63. The number of halogens is 1. The number of piperidine rings is 1. The minimum atomic E-state index is 0.236. The minimum Gasteiger partial charge on any atom is -0.356 e. The van der Waals surface area contributed by atoms with Gasteiger partial charge >= 0.3 is 0 Å². The van der Waals surface area contributed by atoms with Gasteiger partial charge in [-0.1, -0.05) is 40.2 Å². The third kappa shape index (κ3) is 4.32. The highest BCUT2D eigenvalue weighted by molar-refractivity contribution is 9.10. The van der Waals surface area contributed by atoms with Crippen molar-refractivity contribution in [3.8, 4) is 0 Å². The van der Waals surface area contributed by atoms with Crippen molar-refractivity contribution >= 4 is 27.7 Å². The van der Waals surface area contributed by atoms with Crippen LogP contribution in [0.5, 0.6) is 0 Å². The second-order valence-electron chi connectivity index (χ2n) is 7.78. The molecule has 2 N–H and O–H groups in total. The van der Waals surface area contributed by atoms with Crippen molar-refractivity contribution in [2.45, 2.75) is 37.1 Å². The Kier molecular flexibility index (Phi) is 5.85. The number of benzene rings is 1. The summed E-state index contributed by atoms with van der Waals surface area (Å²) in [4.78, 5) is 11.3. The van der Waals surface area contributed by atoms with Gasteiger partial charge in [0.25, 0.3) is 0 Å². The molecule has 0 amide bonds. The van der Waals surface area contributed by atoms with Gasteiger partial charge in [0.15, 0.2) is 5.96 Å². The fourth-order valence-corrected chi connectivity index (χ4v) is 4.72. The van der Waals surface area contributed by atoms with E-state index in [2.05, 4.69) is 77.8 Å². The first-order chi connectivity index (χ1) is 13.7. The van der Waals surface area contributed by atoms with E-state index in [0.717, 1.165) is 44.3 Å². The van der Waals surface area contributed by atoms with Gasteiger partial charge in [-0.3, -0.25) is 4.99 Å². The molecule has 5 nitrogen and oxygen atoms in total. The molecule has 0 spiro atoms. The van der Waals surface area contributed by atoms with E-state index in [-0.39, 0.29) is 5.41 Å². The Hall–Kier alpha value is -2.08. The van der Waals surface area contributed by atoms with E-state index in [0.29, 0.717) is 6.04 Å². The highest BCUT2D eigenvalue weighted by Crippen LogP contribution is 2.49. The van der Waals surface area contributed by atoms with E-state index in [1.807, 2.05) is 19.3 Å². The van der Waals surface area contributed by atoms with Crippen LogP contribution >= 0.6 is 15.9 Å². The first-order valence-corrected chi connectivity index (χ1v) is 10.9. The number of pyridine rings is 1. The van der Waals surface area contributed by atoms with Crippen molar-refractivity contribution < 1.29 is 0 Å². The van der Waals surface area contributed by atoms with E-state index in [1.54, 1.807) is 0 Å². The minimum absolute atomic E-state index is 0.236. The smallest absolute Gasteiger partial charge is 0.191 e. The summed E-state index contributed by atoms with van der Waals surface area (Å²) in [6.45, 7) is 2.96. The zero-order chi connectivity index (χ0) is 19.4. The Balaban J connectivity index is 1.29. The van der Waals surface area contributed by atoms with E-state index in [1.165, 1.54) is 22.9 Å². The Morgan fingerprint density at radius 3 is 2.57 bits per heavy atom. The predicted molar refractivity (Wildman–Crippen MR) is 119 cm³/mol. The summed E-state index contributed by atoms with van der Waals surface area (Å²) in [5, 5.41) is 7.20. The van der Waals surface area contributed by atoms with Crippen LogP contribution in [-0.2, 0) is 5.41 Å². The fraction of sp³-hybridized carbons (Fsp3) is 0.455. The molecule has 1 aliphatic carbocycles. The molecule has 1 aromatic carbocycles. The van der Waals surface area contributed by atoms with Gasteiger partial charge in [0, 0.05) is 48.8 Å². The molecule has 0 unspecified atom stereocenters. The van der Waals surface area contributed by atoms with Crippen molar-refractivity contribution in [3.05, 3.63) is 58.7 Å². The van der Waals surface area contributed by atoms with Crippen molar-refractivity contribution in [1.29, 1.82) is 0 Å². The number of anilines is 1. The first kappa shape index (κ1) is 19.2. The van der Waals surface area contributed by atoms with Crippen LogP contribution in [0.1, 0.15) is 31.2 Å². The summed E-state index contributed by atoms with van der Waals surface area (Å²) in [6, 6.07) is 15.1. The number of aromatic nitrogens is 1. The van der Waals surface area contributed by atoms with Crippen LogP contribution in [0.15, 0.2) is 58.1 Å². The second kappa shape index (κ2) is 8.52. The molecule has 148 valence electrons. The lowest BCUT2D eigenvalue weighted by Gasteiger charge is -2.34. The van der Waals surface area contributed by atoms with E-state index in [9.17, 15) is 0 Å². The van der Waals surface area contributed by atoms with Crippen LogP contribution in [0.3, 0.4) is 0 Å². The molecule has 28 heavy (non-hydrogen) atoms. The maximum atomic E-state index is 4.47. The van der Waals surface area contributed by atoms with Gasteiger partial charge in [0.2, 0.25) is 0 Å². The molecule has 2 fully saturated rings. The molecule has 1 aromatic heterocycles. The Bertz CT molecular complexity index is 811. The molecule has 6 heteroatoms. The van der Waals surface area contributed by atoms with Gasteiger partial charge in [-0.15, -0.1) is 0 Å². The molecule has 1 aliphatic heterocycles. The maximum absolute atomic E-state index is 4.47. The van der Waals surface area contributed by atoms with Gasteiger partial charge in [0.1, 0.15) is 5.82 Å². The summed E-state index contributed by atoms with van der Waals surface area (Å²) < 4.78 is 1.21. The average molecular weight is 442 g/mol. The lowest BCUT2D eigenvalue weighted by atomic mass is 9.96. The standard InChI is InChI=1S/C22H28BrN5/c1-24-21(26-16-22(11-12-22)18-6-2-3-7-19(18)23)27-17-9-14-28(15-10-17)20-8-4-5-13-25-20/h2-8,13,17H,9-12,14-16H2,1H3,(H2,24,26,27). The summed E-state index contributed by atoms with van der Waals surface area (Å²) >= 11 is 3.72. The van der Waals surface area contributed by atoms with Gasteiger partial charge in [-0.05, 0) is 49.4 Å². The number of aliphatic imine (C=N–C) groups is 1. The van der Waals surface area contributed by atoms with Crippen molar-refractivity contribution in [3.63, 3.8) is 0 Å². The molecule has 1 saturated heterocycles. The van der Waals surface area contributed by atoms with Crippen molar-refractivity contribution in [2.75, 3.05) is 31.6 Å². The number of hydrogen-bond donors (Lipinski definition) is 2. The summed E-state index contributed by atoms with van der Waals surface area (Å²) in [6.07, 6.45) is 6.49. The van der Waals surface area contributed by atoms with E-state index in [4.69, 9.17) is 0 Å². The average Bonchev–Trinajstić information content (AvgIpc) is 3.53.